The third-order valence-corrected chi connectivity index (χ3v) is 5.30. The molecule has 3 rings (SSSR count). The molecular weight excluding hydrogens is 510 g/mol. The smallest absolute Gasteiger partial charge is 0.330 e. The molecule has 0 fully saturated rings. The van der Waals surface area contributed by atoms with Gasteiger partial charge in [-0.25, -0.2) is 4.79 Å². The van der Waals surface area contributed by atoms with E-state index in [0.717, 1.165) is 41.0 Å². The summed E-state index contributed by atoms with van der Waals surface area (Å²) in [6.07, 6.45) is 7.42. The second-order valence-corrected chi connectivity index (χ2v) is 8.64. The summed E-state index contributed by atoms with van der Waals surface area (Å²) in [5.41, 5.74) is 4.47. The van der Waals surface area contributed by atoms with Crippen molar-refractivity contribution in [2.24, 2.45) is 0 Å². The van der Waals surface area contributed by atoms with E-state index in [0.29, 0.717) is 0 Å². The molecule has 0 N–H and O–H groups in total. The van der Waals surface area contributed by atoms with E-state index in [1.165, 1.54) is 18.7 Å². The van der Waals surface area contributed by atoms with Crippen molar-refractivity contribution in [3.63, 3.8) is 0 Å². The Hall–Kier alpha value is -2.93. The number of benzene rings is 3. The van der Waals surface area contributed by atoms with Crippen LogP contribution in [0, 0.1) is 0 Å². The summed E-state index contributed by atoms with van der Waals surface area (Å²) < 4.78 is 15.9. The summed E-state index contributed by atoms with van der Waals surface area (Å²) in [6, 6.07) is 24.2. The van der Waals surface area contributed by atoms with Crippen molar-refractivity contribution in [3.05, 3.63) is 103 Å². The molecule has 3 unspecified atom stereocenters. The van der Waals surface area contributed by atoms with Gasteiger partial charge in [-0.1, -0.05) is 61.5 Å². The fourth-order valence-corrected chi connectivity index (χ4v) is 3.20. The first-order chi connectivity index (χ1) is 17.3. The van der Waals surface area contributed by atoms with E-state index < -0.39 is 0 Å². The molecule has 0 saturated carbocycles. The minimum absolute atomic E-state index is 0. The topological polar surface area (TPSA) is 44.8 Å². The number of carbonyl (C=O) groups is 1. The van der Waals surface area contributed by atoms with E-state index in [-0.39, 0.29) is 38.0 Å². The first kappa shape index (κ1) is 35.1. The molecule has 0 aliphatic heterocycles. The Labute approximate surface area is 235 Å². The second-order valence-electron chi connectivity index (χ2n) is 8.64. The van der Waals surface area contributed by atoms with Crippen molar-refractivity contribution in [1.82, 2.24) is 0 Å². The minimum Gasteiger partial charge on any atom is -0.491 e. The fourth-order valence-electron chi connectivity index (χ4n) is 3.20. The Morgan fingerprint density at radius 2 is 1.32 bits per heavy atom. The molecule has 0 spiro atoms. The zero-order valence-corrected chi connectivity index (χ0v) is 26.3. The van der Waals surface area contributed by atoms with Gasteiger partial charge in [0.25, 0.3) is 0 Å². The van der Waals surface area contributed by atoms with Gasteiger partial charge >= 0.3 is 5.97 Å². The largest absolute Gasteiger partial charge is 0.491 e. The zero-order valence-electron chi connectivity index (χ0n) is 23.5. The average Bonchev–Trinajstić information content (AvgIpc) is 2.89. The lowest BCUT2D eigenvalue weighted by molar-refractivity contribution is -0.134. The lowest BCUT2D eigenvalue weighted by Crippen LogP contribution is -2.09. The third-order valence-electron chi connectivity index (χ3n) is 5.30. The lowest BCUT2D eigenvalue weighted by atomic mass is 10.0. The van der Waals surface area contributed by atoms with E-state index in [4.69, 9.17) is 9.47 Å². The van der Waals surface area contributed by atoms with Crippen LogP contribution in [0.25, 0.3) is 17.2 Å². The first-order valence-electron chi connectivity index (χ1n) is 12.3. The molecule has 3 aromatic carbocycles. The van der Waals surface area contributed by atoms with Crippen molar-refractivity contribution in [2.45, 2.75) is 52.7 Å². The fraction of sp³-hybridized carbons (Fsp3) is 0.281. The summed E-state index contributed by atoms with van der Waals surface area (Å²) in [4.78, 5) is 11.1. The first-order valence-corrected chi connectivity index (χ1v) is 12.3. The summed E-state index contributed by atoms with van der Waals surface area (Å²) in [6.45, 7) is 11.9. The van der Waals surface area contributed by atoms with Gasteiger partial charge in [-0.2, -0.15) is 19.8 Å². The second kappa shape index (κ2) is 19.2. The molecule has 0 radical (unpaired) electrons. The van der Waals surface area contributed by atoms with Crippen molar-refractivity contribution in [3.8, 4) is 22.6 Å². The van der Waals surface area contributed by atoms with Gasteiger partial charge in [0.2, 0.25) is 0 Å². The van der Waals surface area contributed by atoms with Crippen LogP contribution in [0.15, 0.2) is 91.5 Å². The normalized spacial score (nSPS) is 10.8. The highest BCUT2D eigenvalue weighted by atomic mass is 31.0. The summed E-state index contributed by atoms with van der Waals surface area (Å²) in [5, 5.41) is 0. The molecule has 0 heterocycles. The molecule has 206 valence electrons. The molecule has 3 atom stereocenters. The van der Waals surface area contributed by atoms with Crippen molar-refractivity contribution >= 4 is 31.8 Å². The monoisotopic (exact) mass is 554 g/mol. The number of hydrogen-bond donors (Lipinski definition) is 0. The van der Waals surface area contributed by atoms with E-state index in [1.54, 1.807) is 6.08 Å². The quantitative estimate of drug-likeness (QED) is 0.110. The Morgan fingerprint density at radius 3 is 1.79 bits per heavy atom. The maximum Gasteiger partial charge on any atom is 0.330 e. The standard InChI is InChI=1S/C20H22O3.C12H16O.2H3P/c1-4-15(2)23-19-12-10-18(11-13-19)17-8-5-16(6-9-17)7-14-20(21)22-3;1-4-5-11-6-8-12(9-7-11)13-10(2)3;;/h5-15H,4H2,1-3H3;4,6-10H,1,5H2,2-3H3;2*1H3/b14-7+;;;. The molecule has 6 heteroatoms. The molecule has 0 bridgehead atoms. The number of methoxy groups -OCH3 is 1. The Bertz CT molecular complexity index is 1090. The van der Waals surface area contributed by atoms with Gasteiger partial charge in [0, 0.05) is 6.08 Å². The molecule has 38 heavy (non-hydrogen) atoms. The molecular formula is C32H44O4P2. The van der Waals surface area contributed by atoms with Crippen LogP contribution in [0.3, 0.4) is 0 Å². The molecule has 0 aliphatic rings. The van der Waals surface area contributed by atoms with E-state index in [9.17, 15) is 4.79 Å². The summed E-state index contributed by atoms with van der Waals surface area (Å²) >= 11 is 0. The molecule has 0 aromatic heterocycles. The Morgan fingerprint density at radius 1 is 0.816 bits per heavy atom. The summed E-state index contributed by atoms with van der Waals surface area (Å²) in [5.74, 6) is 1.47. The third kappa shape index (κ3) is 13.0. The molecule has 0 aliphatic carbocycles. The minimum atomic E-state index is -0.356. The van der Waals surface area contributed by atoms with Gasteiger partial charge < -0.3 is 14.2 Å². The highest BCUT2D eigenvalue weighted by molar-refractivity contribution is 6.92. The number of allylic oxidation sites excluding steroid dienone is 1. The van der Waals surface area contributed by atoms with Crippen LogP contribution >= 0.6 is 19.8 Å². The Balaban J connectivity index is 0.000000784. The van der Waals surface area contributed by atoms with Gasteiger partial charge in [0.15, 0.2) is 0 Å². The predicted octanol–water partition coefficient (Wildman–Crippen LogP) is 8.04. The van der Waals surface area contributed by atoms with E-state index >= 15 is 0 Å². The van der Waals surface area contributed by atoms with E-state index in [2.05, 4.69) is 49.4 Å². The Kier molecular flexibility index (Phi) is 17.7. The molecule has 4 nitrogen and oxygen atoms in total. The van der Waals surface area contributed by atoms with Gasteiger partial charge in [-0.3, -0.25) is 0 Å². The van der Waals surface area contributed by atoms with Gasteiger partial charge in [-0.05, 0) is 86.2 Å². The van der Waals surface area contributed by atoms with Crippen molar-refractivity contribution in [2.75, 3.05) is 7.11 Å². The molecule has 0 amide bonds. The number of ether oxygens (including phenoxy) is 3. The van der Waals surface area contributed by atoms with Crippen LogP contribution in [0.1, 0.15) is 45.2 Å². The predicted molar refractivity (Wildman–Crippen MR) is 172 cm³/mol. The number of rotatable bonds is 10. The average molecular weight is 555 g/mol. The van der Waals surface area contributed by atoms with Crippen LogP contribution in [-0.4, -0.2) is 25.3 Å². The highest BCUT2D eigenvalue weighted by Gasteiger charge is 2.03. The van der Waals surface area contributed by atoms with Crippen molar-refractivity contribution in [1.29, 1.82) is 0 Å². The lowest BCUT2D eigenvalue weighted by Gasteiger charge is -2.12. The number of esters is 1. The van der Waals surface area contributed by atoms with Crippen LogP contribution in [-0.2, 0) is 16.0 Å². The number of hydrogen-bond acceptors (Lipinski definition) is 4. The van der Waals surface area contributed by atoms with Crippen LogP contribution < -0.4 is 9.47 Å². The maximum atomic E-state index is 11.1. The van der Waals surface area contributed by atoms with Gasteiger partial charge in [0.1, 0.15) is 11.5 Å². The molecule has 3 aromatic rings. The van der Waals surface area contributed by atoms with Gasteiger partial charge in [0.05, 0.1) is 19.3 Å². The molecule has 0 saturated heterocycles. The van der Waals surface area contributed by atoms with Crippen LogP contribution in [0.5, 0.6) is 11.5 Å². The van der Waals surface area contributed by atoms with Crippen molar-refractivity contribution < 1.29 is 19.0 Å². The highest BCUT2D eigenvalue weighted by Crippen LogP contribution is 2.24. The summed E-state index contributed by atoms with van der Waals surface area (Å²) in [7, 11) is 1.37. The van der Waals surface area contributed by atoms with Gasteiger partial charge in [-0.15, -0.1) is 6.58 Å². The maximum absolute atomic E-state index is 11.1. The van der Waals surface area contributed by atoms with Crippen LogP contribution in [0.2, 0.25) is 0 Å². The van der Waals surface area contributed by atoms with Crippen LogP contribution in [0.4, 0.5) is 0 Å². The zero-order chi connectivity index (χ0) is 26.3. The SMILES string of the molecule is C=CCc1ccc(OC(C)C)cc1.CCC(C)Oc1ccc(-c2ccc(/C=C/C(=O)OC)cc2)cc1.P.P. The number of carbonyl (C=O) groups excluding carboxylic acids is 1. The van der Waals surface area contributed by atoms with E-state index in [1.807, 2.05) is 68.5 Å².